The van der Waals surface area contributed by atoms with Gasteiger partial charge in [0.15, 0.2) is 17.5 Å². The molecular weight excluding hydrogens is 645 g/mol. The molecule has 47 heavy (non-hydrogen) atoms. The van der Waals surface area contributed by atoms with Crippen LogP contribution in [0.2, 0.25) is 16.6 Å². The minimum atomic E-state index is -2.46. The van der Waals surface area contributed by atoms with Gasteiger partial charge in [-0.05, 0) is 65.9 Å². The minimum absolute atomic E-state index is 0.0258. The van der Waals surface area contributed by atoms with Crippen LogP contribution in [0.1, 0.15) is 60.8 Å². The van der Waals surface area contributed by atoms with Crippen LogP contribution in [0.25, 0.3) is 32.9 Å². The molecule has 0 spiro atoms. The van der Waals surface area contributed by atoms with E-state index in [1.807, 2.05) is 0 Å². The third-order valence-electron chi connectivity index (χ3n) is 10.3. The molecule has 0 bridgehead atoms. The summed E-state index contributed by atoms with van der Waals surface area (Å²) < 4.78 is 74.4. The van der Waals surface area contributed by atoms with Crippen LogP contribution in [0.4, 0.5) is 17.6 Å². The number of hydrogen-bond acceptors (Lipinski definition) is 7. The number of thioether (sulfide) groups is 1. The Morgan fingerprint density at radius 1 is 1.02 bits per heavy atom. The SMILES string of the molecule is CSc1nc(OC[C@@]23CCCN2C[C@H](F)C3)nc2c(F)c(-c3cc(O[Si](C(C)C)(C(C)C)C(C)C)cc4ccc(F)c(F)c34)ncc12. The molecule has 2 aromatic carbocycles. The molecule has 2 fully saturated rings. The van der Waals surface area contributed by atoms with E-state index < -0.39 is 37.5 Å². The van der Waals surface area contributed by atoms with Gasteiger partial charge in [-0.1, -0.05) is 47.6 Å². The predicted molar refractivity (Wildman–Crippen MR) is 182 cm³/mol. The Kier molecular flexibility index (Phi) is 9.25. The molecule has 2 atom stereocenters. The van der Waals surface area contributed by atoms with E-state index in [0.29, 0.717) is 34.5 Å². The average molecular weight is 687 g/mol. The maximum absolute atomic E-state index is 16.7. The molecule has 252 valence electrons. The van der Waals surface area contributed by atoms with Crippen molar-refractivity contribution in [2.45, 2.75) is 94.2 Å². The Balaban J connectivity index is 1.49. The van der Waals surface area contributed by atoms with Crippen molar-refractivity contribution in [2.75, 3.05) is 26.0 Å². The molecule has 0 aliphatic carbocycles. The van der Waals surface area contributed by atoms with Crippen LogP contribution >= 0.6 is 11.8 Å². The van der Waals surface area contributed by atoms with Crippen molar-refractivity contribution in [3.63, 3.8) is 0 Å². The van der Waals surface area contributed by atoms with Gasteiger partial charge < -0.3 is 9.16 Å². The molecule has 2 saturated heterocycles. The lowest BCUT2D eigenvalue weighted by Crippen LogP contribution is -2.50. The van der Waals surface area contributed by atoms with E-state index in [1.54, 1.807) is 18.4 Å². The maximum Gasteiger partial charge on any atom is 0.318 e. The third-order valence-corrected chi connectivity index (χ3v) is 17.0. The largest absolute Gasteiger partial charge is 0.543 e. The van der Waals surface area contributed by atoms with Gasteiger partial charge in [-0.15, -0.1) is 11.8 Å². The fourth-order valence-corrected chi connectivity index (χ4v) is 14.0. The first-order valence-corrected chi connectivity index (χ1v) is 19.7. The normalized spacial score (nSPS) is 20.3. The average Bonchev–Trinajstić information content (AvgIpc) is 3.55. The molecule has 2 aliphatic heterocycles. The summed E-state index contributed by atoms with van der Waals surface area (Å²) in [6.45, 7) is 14.3. The second-order valence-corrected chi connectivity index (χ2v) is 20.1. The number of pyridine rings is 1. The van der Waals surface area contributed by atoms with Crippen molar-refractivity contribution in [3.05, 3.63) is 47.9 Å². The summed E-state index contributed by atoms with van der Waals surface area (Å²) in [5, 5.41) is 1.11. The highest BCUT2D eigenvalue weighted by Crippen LogP contribution is 2.45. The first-order chi connectivity index (χ1) is 22.3. The summed E-state index contributed by atoms with van der Waals surface area (Å²) in [4.78, 5) is 15.6. The molecule has 0 N–H and O–H groups in total. The van der Waals surface area contributed by atoms with E-state index in [1.165, 1.54) is 24.0 Å². The number of ether oxygens (including phenoxy) is 1. The number of halogens is 4. The van der Waals surface area contributed by atoms with Crippen LogP contribution in [0.3, 0.4) is 0 Å². The lowest BCUT2D eigenvalue weighted by atomic mass is 9.95. The molecule has 4 aromatic rings. The van der Waals surface area contributed by atoms with Crippen molar-refractivity contribution in [1.82, 2.24) is 19.9 Å². The van der Waals surface area contributed by atoms with Gasteiger partial charge in [-0.3, -0.25) is 9.88 Å². The third kappa shape index (κ3) is 5.77. The summed E-state index contributed by atoms with van der Waals surface area (Å²) in [6.07, 6.45) is 4.48. The van der Waals surface area contributed by atoms with Crippen LogP contribution in [0.15, 0.2) is 35.5 Å². The Labute approximate surface area is 278 Å². The summed E-state index contributed by atoms with van der Waals surface area (Å²) in [5.74, 6) is -2.49. The second kappa shape index (κ2) is 12.8. The van der Waals surface area contributed by atoms with E-state index in [0.717, 1.165) is 25.5 Å². The number of nitrogens with zero attached hydrogens (tertiary/aromatic N) is 4. The number of rotatable bonds is 10. The highest BCUT2D eigenvalue weighted by Gasteiger charge is 2.50. The summed E-state index contributed by atoms with van der Waals surface area (Å²) >= 11 is 1.29. The quantitative estimate of drug-likeness (QED) is 0.0713. The number of benzene rings is 2. The van der Waals surface area contributed by atoms with E-state index in [2.05, 4.69) is 61.4 Å². The number of aromatic nitrogens is 3. The van der Waals surface area contributed by atoms with Crippen molar-refractivity contribution >= 4 is 41.8 Å². The van der Waals surface area contributed by atoms with Crippen molar-refractivity contribution < 1.29 is 26.7 Å². The monoisotopic (exact) mass is 686 g/mol. The van der Waals surface area contributed by atoms with Gasteiger partial charge in [0.05, 0.1) is 10.9 Å². The van der Waals surface area contributed by atoms with Gasteiger partial charge in [-0.25, -0.2) is 17.6 Å². The van der Waals surface area contributed by atoms with Crippen LogP contribution in [-0.4, -0.2) is 65.8 Å². The van der Waals surface area contributed by atoms with Crippen LogP contribution in [0, 0.1) is 17.5 Å². The van der Waals surface area contributed by atoms with E-state index in [-0.39, 0.29) is 51.4 Å². The molecule has 4 heterocycles. The van der Waals surface area contributed by atoms with Crippen molar-refractivity contribution in [1.29, 1.82) is 0 Å². The first kappa shape index (κ1) is 33.9. The van der Waals surface area contributed by atoms with Crippen molar-refractivity contribution in [3.8, 4) is 23.0 Å². The Hall–Kier alpha value is -2.96. The number of alkyl halides is 1. The topological polar surface area (TPSA) is 60.4 Å². The zero-order valence-corrected chi connectivity index (χ0v) is 29.8. The molecule has 2 aromatic heterocycles. The number of hydrogen-bond donors (Lipinski definition) is 0. The van der Waals surface area contributed by atoms with Gasteiger partial charge in [0.2, 0.25) is 0 Å². The van der Waals surface area contributed by atoms with Gasteiger partial charge in [-0.2, -0.15) is 9.97 Å². The minimum Gasteiger partial charge on any atom is -0.543 e. The molecule has 0 radical (unpaired) electrons. The van der Waals surface area contributed by atoms with Gasteiger partial charge in [0.1, 0.15) is 34.8 Å². The van der Waals surface area contributed by atoms with Gasteiger partial charge >= 0.3 is 6.01 Å². The fraction of sp³-hybridized carbons (Fsp3) is 0.514. The second-order valence-electron chi connectivity index (χ2n) is 13.9. The van der Waals surface area contributed by atoms with E-state index in [4.69, 9.17) is 9.16 Å². The lowest BCUT2D eigenvalue weighted by molar-refractivity contribution is 0.107. The smallest absolute Gasteiger partial charge is 0.318 e. The molecule has 2 aliphatic rings. The molecule has 6 nitrogen and oxygen atoms in total. The molecule has 0 unspecified atom stereocenters. The highest BCUT2D eigenvalue weighted by atomic mass is 32.2. The van der Waals surface area contributed by atoms with Gasteiger partial charge in [0, 0.05) is 30.1 Å². The zero-order valence-electron chi connectivity index (χ0n) is 28.0. The molecule has 0 saturated carbocycles. The zero-order chi connectivity index (χ0) is 33.8. The molecule has 12 heteroatoms. The maximum atomic E-state index is 16.7. The molecule has 0 amide bonds. The standard InChI is InChI=1S/C35H42F4N4O2SSi/c1-19(2)47(20(3)4,21(5)6)45-24-13-22-9-10-27(37)29(38)28(22)25(14-24)31-30(39)32-26(16-40-31)33(46-7)42-34(41-32)44-18-35-11-8-12-43(35)17-23(36)15-35/h9-10,13-14,16,19-21,23H,8,11-12,15,17-18H2,1-7H3/t23-,35+/m1/s1. The summed E-state index contributed by atoms with van der Waals surface area (Å²) in [5.41, 5.74) is 0.151. The fourth-order valence-electron chi connectivity index (χ4n) is 8.24. The van der Waals surface area contributed by atoms with E-state index >= 15 is 8.78 Å². The lowest BCUT2D eigenvalue weighted by Gasteiger charge is -2.42. The van der Waals surface area contributed by atoms with Crippen LogP contribution in [-0.2, 0) is 0 Å². The molecule has 6 rings (SSSR count). The van der Waals surface area contributed by atoms with E-state index in [9.17, 15) is 8.78 Å². The molecular formula is C35H42F4N4O2SSi. The van der Waals surface area contributed by atoms with Crippen molar-refractivity contribution in [2.24, 2.45) is 0 Å². The predicted octanol–water partition coefficient (Wildman–Crippen LogP) is 9.49. The first-order valence-electron chi connectivity index (χ1n) is 16.3. The summed E-state index contributed by atoms with van der Waals surface area (Å²) in [6, 6.07) is 5.79. The highest BCUT2D eigenvalue weighted by molar-refractivity contribution is 7.98. The Morgan fingerprint density at radius 3 is 2.43 bits per heavy atom. The Bertz CT molecular complexity index is 1800. The number of fused-ring (bicyclic) bond motifs is 3. The van der Waals surface area contributed by atoms with Crippen LogP contribution in [0.5, 0.6) is 11.8 Å². The van der Waals surface area contributed by atoms with Gasteiger partial charge in [0.25, 0.3) is 8.32 Å². The van der Waals surface area contributed by atoms with Crippen LogP contribution < -0.4 is 9.16 Å². The summed E-state index contributed by atoms with van der Waals surface area (Å²) in [7, 11) is -2.46. The Morgan fingerprint density at radius 2 is 1.74 bits per heavy atom.